The Labute approximate surface area is 115 Å². The molecule has 2 bridgehead atoms. The zero-order valence-corrected chi connectivity index (χ0v) is 11.9. The molecule has 0 spiro atoms. The van der Waals surface area contributed by atoms with Crippen LogP contribution in [0.2, 0.25) is 0 Å². The van der Waals surface area contributed by atoms with Crippen LogP contribution in [0, 0.1) is 0 Å². The SMILES string of the molecule is CNC1CC2CCCC(C1)N2c1cccc(OC)c1. The van der Waals surface area contributed by atoms with Gasteiger partial charge in [-0.1, -0.05) is 6.07 Å². The number of nitrogens with one attached hydrogen (secondary N) is 1. The van der Waals surface area contributed by atoms with Gasteiger partial charge in [-0.05, 0) is 51.3 Å². The first-order chi connectivity index (χ1) is 9.31. The molecule has 0 amide bonds. The number of anilines is 1. The summed E-state index contributed by atoms with van der Waals surface area (Å²) in [6, 6.07) is 10.6. The van der Waals surface area contributed by atoms with Crippen LogP contribution in [0.3, 0.4) is 0 Å². The average Bonchev–Trinajstić information content (AvgIpc) is 2.46. The zero-order valence-electron chi connectivity index (χ0n) is 11.9. The van der Waals surface area contributed by atoms with Crippen molar-refractivity contribution >= 4 is 5.69 Å². The zero-order chi connectivity index (χ0) is 13.2. The largest absolute Gasteiger partial charge is 0.497 e. The Balaban J connectivity index is 1.87. The molecule has 2 aliphatic heterocycles. The van der Waals surface area contributed by atoms with Crippen molar-refractivity contribution in [1.82, 2.24) is 5.32 Å². The van der Waals surface area contributed by atoms with E-state index in [-0.39, 0.29) is 0 Å². The highest BCUT2D eigenvalue weighted by atomic mass is 16.5. The van der Waals surface area contributed by atoms with Gasteiger partial charge < -0.3 is 15.0 Å². The Hall–Kier alpha value is -1.22. The molecule has 2 heterocycles. The van der Waals surface area contributed by atoms with Crippen molar-refractivity contribution in [3.8, 4) is 5.75 Å². The second kappa shape index (κ2) is 5.41. The molecule has 1 N–H and O–H groups in total. The van der Waals surface area contributed by atoms with E-state index in [4.69, 9.17) is 4.74 Å². The number of hydrogen-bond donors (Lipinski definition) is 1. The molecule has 2 saturated heterocycles. The predicted molar refractivity (Wildman–Crippen MR) is 79.0 cm³/mol. The second-order valence-electron chi connectivity index (χ2n) is 5.80. The first-order valence-corrected chi connectivity index (χ1v) is 7.41. The maximum atomic E-state index is 5.37. The Bertz CT molecular complexity index is 421. The lowest BCUT2D eigenvalue weighted by atomic mass is 9.81. The average molecular weight is 260 g/mol. The number of nitrogens with zero attached hydrogens (tertiary/aromatic N) is 1. The van der Waals surface area contributed by atoms with Crippen LogP contribution in [0.25, 0.3) is 0 Å². The van der Waals surface area contributed by atoms with Gasteiger partial charge in [-0.3, -0.25) is 0 Å². The Morgan fingerprint density at radius 1 is 1.21 bits per heavy atom. The fraction of sp³-hybridized carbons (Fsp3) is 0.625. The number of rotatable bonds is 3. The van der Waals surface area contributed by atoms with Crippen LogP contribution >= 0.6 is 0 Å². The van der Waals surface area contributed by atoms with E-state index in [1.54, 1.807) is 7.11 Å². The molecule has 2 unspecified atom stereocenters. The van der Waals surface area contributed by atoms with Gasteiger partial charge in [0.2, 0.25) is 0 Å². The van der Waals surface area contributed by atoms with Gasteiger partial charge in [0.1, 0.15) is 5.75 Å². The van der Waals surface area contributed by atoms with Crippen LogP contribution in [0.1, 0.15) is 32.1 Å². The third kappa shape index (κ3) is 2.44. The quantitative estimate of drug-likeness (QED) is 0.904. The predicted octanol–water partition coefficient (Wildman–Crippen LogP) is 2.80. The summed E-state index contributed by atoms with van der Waals surface area (Å²) in [5.41, 5.74) is 1.34. The molecule has 2 aliphatic rings. The van der Waals surface area contributed by atoms with Crippen LogP contribution in [0.4, 0.5) is 5.69 Å². The van der Waals surface area contributed by atoms with Gasteiger partial charge in [-0.15, -0.1) is 0 Å². The van der Waals surface area contributed by atoms with E-state index in [9.17, 15) is 0 Å². The third-order valence-electron chi connectivity index (χ3n) is 4.73. The molecule has 19 heavy (non-hydrogen) atoms. The van der Waals surface area contributed by atoms with Crippen LogP contribution in [-0.4, -0.2) is 32.3 Å². The van der Waals surface area contributed by atoms with Crippen molar-refractivity contribution in [1.29, 1.82) is 0 Å². The first kappa shape index (κ1) is 12.8. The fourth-order valence-electron chi connectivity index (χ4n) is 3.81. The number of benzene rings is 1. The molecule has 0 radical (unpaired) electrons. The lowest BCUT2D eigenvalue weighted by Gasteiger charge is -2.50. The normalized spacial score (nSPS) is 30.2. The van der Waals surface area contributed by atoms with Gasteiger partial charge >= 0.3 is 0 Å². The van der Waals surface area contributed by atoms with E-state index < -0.39 is 0 Å². The van der Waals surface area contributed by atoms with Crippen LogP contribution in [0.15, 0.2) is 24.3 Å². The summed E-state index contributed by atoms with van der Waals surface area (Å²) in [6.07, 6.45) is 6.57. The van der Waals surface area contributed by atoms with Crippen molar-refractivity contribution in [3.05, 3.63) is 24.3 Å². The van der Waals surface area contributed by atoms with Crippen LogP contribution < -0.4 is 15.0 Å². The molecule has 2 fully saturated rings. The molecule has 3 heteroatoms. The fourth-order valence-corrected chi connectivity index (χ4v) is 3.81. The summed E-state index contributed by atoms with van der Waals surface area (Å²) in [7, 11) is 3.84. The Morgan fingerprint density at radius 2 is 1.95 bits per heavy atom. The van der Waals surface area contributed by atoms with Crippen molar-refractivity contribution in [2.45, 2.75) is 50.2 Å². The highest BCUT2D eigenvalue weighted by Crippen LogP contribution is 2.38. The molecule has 3 nitrogen and oxygen atoms in total. The summed E-state index contributed by atoms with van der Waals surface area (Å²) in [4.78, 5) is 2.65. The molecule has 0 aromatic heterocycles. The number of ether oxygens (including phenoxy) is 1. The highest BCUT2D eigenvalue weighted by Gasteiger charge is 2.37. The van der Waals surface area contributed by atoms with E-state index in [2.05, 4.69) is 35.5 Å². The van der Waals surface area contributed by atoms with Gasteiger partial charge in [0.05, 0.1) is 7.11 Å². The van der Waals surface area contributed by atoms with Gasteiger partial charge in [0.25, 0.3) is 0 Å². The van der Waals surface area contributed by atoms with Gasteiger partial charge in [0, 0.05) is 29.9 Å². The number of fused-ring (bicyclic) bond motifs is 2. The molecular formula is C16H24N2O. The minimum Gasteiger partial charge on any atom is -0.497 e. The molecule has 1 aromatic carbocycles. The van der Waals surface area contributed by atoms with Crippen molar-refractivity contribution in [3.63, 3.8) is 0 Å². The van der Waals surface area contributed by atoms with Crippen molar-refractivity contribution in [2.24, 2.45) is 0 Å². The second-order valence-corrected chi connectivity index (χ2v) is 5.80. The summed E-state index contributed by atoms with van der Waals surface area (Å²) >= 11 is 0. The maximum absolute atomic E-state index is 5.37. The van der Waals surface area contributed by atoms with Gasteiger partial charge in [-0.2, -0.15) is 0 Å². The summed E-state index contributed by atoms with van der Waals surface area (Å²) < 4.78 is 5.37. The highest BCUT2D eigenvalue weighted by molar-refractivity contribution is 5.53. The number of hydrogen-bond acceptors (Lipinski definition) is 3. The van der Waals surface area contributed by atoms with E-state index in [0.717, 1.165) is 5.75 Å². The monoisotopic (exact) mass is 260 g/mol. The standard InChI is InChI=1S/C16H24N2O/c1-17-12-9-13-5-3-6-14(10-12)18(13)15-7-4-8-16(11-15)19-2/h4,7-8,11-14,17H,3,5-6,9-10H2,1-2H3. The van der Waals surface area contributed by atoms with Gasteiger partial charge in [0.15, 0.2) is 0 Å². The minimum absolute atomic E-state index is 0.692. The number of methoxy groups -OCH3 is 1. The topological polar surface area (TPSA) is 24.5 Å². The molecular weight excluding hydrogens is 236 g/mol. The minimum atomic E-state index is 0.692. The summed E-state index contributed by atoms with van der Waals surface area (Å²) in [5.74, 6) is 0.964. The maximum Gasteiger partial charge on any atom is 0.120 e. The van der Waals surface area contributed by atoms with Gasteiger partial charge in [-0.25, -0.2) is 0 Å². The van der Waals surface area contributed by atoms with Crippen molar-refractivity contribution in [2.75, 3.05) is 19.1 Å². The molecule has 0 aliphatic carbocycles. The van der Waals surface area contributed by atoms with E-state index in [0.29, 0.717) is 18.1 Å². The first-order valence-electron chi connectivity index (χ1n) is 7.41. The molecule has 104 valence electrons. The summed E-state index contributed by atoms with van der Waals surface area (Å²) in [5, 5.41) is 3.48. The van der Waals surface area contributed by atoms with Crippen LogP contribution in [-0.2, 0) is 0 Å². The van der Waals surface area contributed by atoms with Crippen LogP contribution in [0.5, 0.6) is 5.75 Å². The molecule has 2 atom stereocenters. The lowest BCUT2D eigenvalue weighted by Crippen LogP contribution is -2.56. The van der Waals surface area contributed by atoms with Crippen molar-refractivity contribution < 1.29 is 4.74 Å². The molecule has 1 aromatic rings. The third-order valence-corrected chi connectivity index (χ3v) is 4.73. The Morgan fingerprint density at radius 3 is 2.58 bits per heavy atom. The lowest BCUT2D eigenvalue weighted by molar-refractivity contribution is 0.252. The summed E-state index contributed by atoms with van der Waals surface area (Å²) in [6.45, 7) is 0. The smallest absolute Gasteiger partial charge is 0.120 e. The molecule has 0 saturated carbocycles. The van der Waals surface area contributed by atoms with E-state index in [1.807, 2.05) is 6.07 Å². The van der Waals surface area contributed by atoms with E-state index in [1.165, 1.54) is 37.8 Å². The Kier molecular flexibility index (Phi) is 3.65. The number of piperidine rings is 2. The van der Waals surface area contributed by atoms with E-state index >= 15 is 0 Å². The molecule has 3 rings (SSSR count).